The van der Waals surface area contributed by atoms with E-state index in [2.05, 4.69) is 59.3 Å². The topological polar surface area (TPSA) is 286 Å². The van der Waals surface area contributed by atoms with Gasteiger partial charge in [0.2, 0.25) is 29.5 Å². The zero-order valence-corrected chi connectivity index (χ0v) is 42.8. The first-order chi connectivity index (χ1) is 37.2. The number of rotatable bonds is 5. The summed E-state index contributed by atoms with van der Waals surface area (Å²) in [6.07, 6.45) is 0. The van der Waals surface area contributed by atoms with Gasteiger partial charge in [0.1, 0.15) is 27.6 Å². The molecule has 75 heavy (non-hydrogen) atoms. The number of hydrogen-bond donors (Lipinski definition) is 6. The third-order valence-corrected chi connectivity index (χ3v) is 10.2. The highest BCUT2D eigenvalue weighted by Crippen LogP contribution is 2.32. The molecule has 8 aromatic carbocycles. The summed E-state index contributed by atoms with van der Waals surface area (Å²) in [6, 6.07) is 64.5. The quantitative estimate of drug-likeness (QED) is 0.0934. The number of para-hydroxylation sites is 6. The van der Waals surface area contributed by atoms with E-state index >= 15 is 0 Å². The van der Waals surface area contributed by atoms with E-state index in [1.165, 1.54) is 42.3 Å². The van der Waals surface area contributed by atoms with Gasteiger partial charge in [-0.3, -0.25) is 0 Å². The van der Waals surface area contributed by atoms with Gasteiger partial charge in [0.05, 0.1) is 0 Å². The predicted molar refractivity (Wildman–Crippen MR) is 305 cm³/mol. The zero-order valence-electron chi connectivity index (χ0n) is 42.8. The van der Waals surface area contributed by atoms with Gasteiger partial charge in [0.15, 0.2) is 27.9 Å². The Morgan fingerprint density at radius 1 is 0.213 bits per heavy atom. The molecule has 0 aliphatic heterocycles. The highest BCUT2D eigenvalue weighted by atomic mass is 16.4. The Bertz CT molecular complexity index is 3320. The van der Waals surface area contributed by atoms with Gasteiger partial charge in [-0.2, -0.15) is 0 Å². The van der Waals surface area contributed by atoms with Crippen LogP contribution in [0.25, 0.3) is 113 Å². The van der Waals surface area contributed by atoms with Crippen molar-refractivity contribution in [1.82, 2.24) is 24.9 Å². The number of hydrogen-bond acceptors (Lipinski definition) is 16. The van der Waals surface area contributed by atoms with E-state index in [1.807, 2.05) is 200 Å². The summed E-state index contributed by atoms with van der Waals surface area (Å²) in [5.41, 5.74) is 39.7. The predicted octanol–water partition coefficient (Wildman–Crippen LogP) is 11.6. The Labute approximate surface area is 435 Å². The Morgan fingerprint density at radius 3 is 0.667 bits per heavy atom. The fourth-order valence-electron chi connectivity index (χ4n) is 7.08. The number of aromatic nitrogens is 5. The molecule has 0 saturated carbocycles. The molecule has 0 aliphatic rings. The smallest absolute Gasteiger partial charge is 0.227 e. The lowest BCUT2D eigenvalue weighted by atomic mass is 10.1. The molecule has 0 fully saturated rings. The second kappa shape index (κ2) is 30.0. The summed E-state index contributed by atoms with van der Waals surface area (Å²) in [4.78, 5) is 22.6. The van der Waals surface area contributed by atoms with Crippen molar-refractivity contribution in [2.75, 3.05) is 42.3 Å². The summed E-state index contributed by atoms with van der Waals surface area (Å²) < 4.78 is 29.0. The molecule has 0 radical (unpaired) electrons. The van der Waals surface area contributed by atoms with Crippen molar-refractivity contribution < 1.29 is 22.1 Å². The molecule has 0 saturated heterocycles. The first kappa shape index (κ1) is 56.8. The summed E-state index contributed by atoms with van der Waals surface area (Å²) in [5, 5.41) is 0. The Hall–Kier alpha value is -9.13. The summed E-state index contributed by atoms with van der Waals surface area (Å²) >= 11 is 0. The molecule has 5 heterocycles. The Morgan fingerprint density at radius 2 is 0.413 bits per heavy atom. The van der Waals surface area contributed by atoms with Crippen LogP contribution in [0.15, 0.2) is 222 Å². The van der Waals surface area contributed by atoms with Crippen molar-refractivity contribution in [3.63, 3.8) is 0 Å². The highest BCUT2D eigenvalue weighted by molar-refractivity contribution is 5.91. The van der Waals surface area contributed by atoms with Crippen LogP contribution in [0, 0.1) is 0 Å². The standard InChI is InChI=1S/2C20H12N2O2.C13H9NO.6CH5N/c1-3-7-17-15(5-1)21-19(23-17)13-9-11-14(12-10-13)20-22-16-6-2-4-8-18(16)24-20;1-3-7-13(8-4-1)19-21-15-11-18-16(12-17(15)23-19)22-20(24-18)14-9-5-2-6-10-14;1-2-6-10(7-3-1)13-14-11-8-4-5-9-12(11)15-13;6*1-2/h2*1-12H;1-9H;6*2H2,1H3. The van der Waals surface area contributed by atoms with Crippen LogP contribution in [-0.2, 0) is 0 Å². The average molecular weight is 1010 g/mol. The van der Waals surface area contributed by atoms with Gasteiger partial charge in [-0.25, -0.2) is 24.9 Å². The first-order valence-electron chi connectivity index (χ1n) is 23.7. The minimum Gasteiger partial charge on any atom is -0.436 e. The van der Waals surface area contributed by atoms with Gasteiger partial charge < -0.3 is 56.5 Å². The minimum atomic E-state index is 0.599. The fourth-order valence-corrected chi connectivity index (χ4v) is 7.08. The molecule has 0 aliphatic carbocycles. The molecular weight excluding hydrogens is 943 g/mol. The zero-order chi connectivity index (χ0) is 54.0. The first-order valence-corrected chi connectivity index (χ1v) is 23.7. The van der Waals surface area contributed by atoms with Gasteiger partial charge in [-0.1, -0.05) is 91.0 Å². The Kier molecular flexibility index (Phi) is 22.7. The van der Waals surface area contributed by atoms with E-state index in [1.54, 1.807) is 0 Å². The fraction of sp³-hybridized carbons (Fsp3) is 0.102. The molecule has 16 heteroatoms. The second-order valence-corrected chi connectivity index (χ2v) is 14.5. The molecule has 13 rings (SSSR count). The largest absolute Gasteiger partial charge is 0.436 e. The third kappa shape index (κ3) is 14.3. The van der Waals surface area contributed by atoms with Crippen molar-refractivity contribution >= 4 is 55.5 Å². The molecule has 0 bridgehead atoms. The molecule has 0 spiro atoms. The molecule has 5 aromatic heterocycles. The van der Waals surface area contributed by atoms with E-state index in [4.69, 9.17) is 22.1 Å². The van der Waals surface area contributed by atoms with E-state index in [0.717, 1.165) is 72.1 Å². The summed E-state index contributed by atoms with van der Waals surface area (Å²) in [5.74, 6) is 3.10. The van der Waals surface area contributed by atoms with Crippen LogP contribution in [0.2, 0.25) is 0 Å². The van der Waals surface area contributed by atoms with Crippen molar-refractivity contribution in [3.8, 4) is 57.3 Å². The van der Waals surface area contributed by atoms with Crippen molar-refractivity contribution in [2.45, 2.75) is 0 Å². The second-order valence-electron chi connectivity index (χ2n) is 14.5. The molecule has 0 unspecified atom stereocenters. The lowest BCUT2D eigenvalue weighted by molar-refractivity contribution is 0.617. The maximum atomic E-state index is 5.88. The normalized spacial score (nSPS) is 9.87. The monoisotopic (exact) mass is 1010 g/mol. The molecular formula is C59H63N11O5. The van der Waals surface area contributed by atoms with Crippen LogP contribution in [0.4, 0.5) is 0 Å². The SMILES string of the molecule is CN.CN.CN.CN.CN.CN.c1ccc(-c2nc3cc4oc(-c5ccccc5)nc4cc3o2)cc1.c1ccc(-c2nc3ccccc3o2)cc1.c1ccc2oc(-c3ccc(-c4nc5ccccc5o4)cc3)nc2c1. The lowest BCUT2D eigenvalue weighted by Crippen LogP contribution is -1.80. The molecule has 16 nitrogen and oxygen atoms in total. The van der Waals surface area contributed by atoms with Gasteiger partial charge in [0.25, 0.3) is 0 Å². The van der Waals surface area contributed by atoms with Crippen LogP contribution in [-0.4, -0.2) is 67.2 Å². The van der Waals surface area contributed by atoms with Crippen LogP contribution < -0.4 is 34.4 Å². The van der Waals surface area contributed by atoms with Crippen LogP contribution in [0.3, 0.4) is 0 Å². The molecule has 12 N–H and O–H groups in total. The molecule has 0 atom stereocenters. The number of nitrogens with two attached hydrogens (primary N) is 6. The van der Waals surface area contributed by atoms with E-state index < -0.39 is 0 Å². The lowest BCUT2D eigenvalue weighted by Gasteiger charge is -1.97. The summed E-state index contributed by atoms with van der Waals surface area (Å²) in [7, 11) is 9.00. The number of fused-ring (bicyclic) bond motifs is 5. The van der Waals surface area contributed by atoms with Gasteiger partial charge in [-0.05, 0) is 139 Å². The number of benzene rings is 8. The number of oxazole rings is 5. The van der Waals surface area contributed by atoms with Crippen LogP contribution in [0.1, 0.15) is 0 Å². The van der Waals surface area contributed by atoms with Gasteiger partial charge >= 0.3 is 0 Å². The van der Waals surface area contributed by atoms with Gasteiger partial charge in [-0.15, -0.1) is 0 Å². The van der Waals surface area contributed by atoms with Crippen molar-refractivity contribution in [1.29, 1.82) is 0 Å². The molecule has 384 valence electrons. The number of nitrogens with zero attached hydrogens (tertiary/aromatic N) is 5. The van der Waals surface area contributed by atoms with Crippen LogP contribution >= 0.6 is 0 Å². The maximum Gasteiger partial charge on any atom is 0.227 e. The highest BCUT2D eigenvalue weighted by Gasteiger charge is 2.15. The van der Waals surface area contributed by atoms with Gasteiger partial charge in [0, 0.05) is 39.9 Å². The van der Waals surface area contributed by atoms with E-state index in [-0.39, 0.29) is 0 Å². The summed E-state index contributed by atoms with van der Waals surface area (Å²) in [6.45, 7) is 0. The molecule has 13 aromatic rings. The van der Waals surface area contributed by atoms with Crippen molar-refractivity contribution in [3.05, 3.63) is 200 Å². The van der Waals surface area contributed by atoms with Crippen LogP contribution in [0.5, 0.6) is 0 Å². The van der Waals surface area contributed by atoms with E-state index in [0.29, 0.717) is 40.6 Å². The van der Waals surface area contributed by atoms with Crippen molar-refractivity contribution in [2.24, 2.45) is 34.4 Å². The molecule has 0 amide bonds. The Balaban J connectivity index is 0.000000193. The van der Waals surface area contributed by atoms with E-state index in [9.17, 15) is 0 Å². The minimum absolute atomic E-state index is 0.599. The average Bonchev–Trinajstić information content (AvgIpc) is 4.39. The maximum absolute atomic E-state index is 5.88. The third-order valence-electron chi connectivity index (χ3n) is 10.2.